The van der Waals surface area contributed by atoms with Gasteiger partial charge in [-0.05, 0) is 26.0 Å². The van der Waals surface area contributed by atoms with Crippen LogP contribution in [0.1, 0.15) is 25.8 Å². The summed E-state index contributed by atoms with van der Waals surface area (Å²) in [5.41, 5.74) is 0. The second kappa shape index (κ2) is 9.46. The van der Waals surface area contributed by atoms with Crippen LogP contribution in [0.25, 0.3) is 0 Å². The molecule has 2 aromatic rings. The minimum absolute atomic E-state index is 0.0195. The summed E-state index contributed by atoms with van der Waals surface area (Å²) in [6.07, 6.45) is 1.28. The Bertz CT molecular complexity index is 898. The topological polar surface area (TPSA) is 107 Å². The molecule has 0 fully saturated rings. The van der Waals surface area contributed by atoms with Crippen molar-refractivity contribution < 1.29 is 19.1 Å². The Hall–Kier alpha value is -3.01. The molecule has 9 nitrogen and oxygen atoms in total. The molecule has 154 valence electrons. The van der Waals surface area contributed by atoms with Gasteiger partial charge >= 0.3 is 6.03 Å². The fraction of sp³-hybridized carbons (Fsp3) is 0.368. The Kier molecular flexibility index (Phi) is 6.76. The lowest BCUT2D eigenvalue weighted by atomic mass is 10.2. The zero-order chi connectivity index (χ0) is 20.8. The van der Waals surface area contributed by atoms with Gasteiger partial charge in [0, 0.05) is 12.6 Å². The van der Waals surface area contributed by atoms with Crippen LogP contribution in [0.4, 0.5) is 4.79 Å². The summed E-state index contributed by atoms with van der Waals surface area (Å²) in [7, 11) is 0. The van der Waals surface area contributed by atoms with E-state index < -0.39 is 18.0 Å². The third-order valence-corrected chi connectivity index (χ3v) is 4.83. The molecule has 1 aromatic heterocycles. The number of urea groups is 1. The van der Waals surface area contributed by atoms with Crippen LogP contribution >= 0.6 is 11.8 Å². The van der Waals surface area contributed by atoms with E-state index in [0.29, 0.717) is 35.6 Å². The highest BCUT2D eigenvalue weighted by Crippen LogP contribution is 2.36. The number of nitrogens with one attached hydrogen (secondary N) is 2. The summed E-state index contributed by atoms with van der Waals surface area (Å²) in [6.45, 7) is 8.14. The number of carbonyl (C=O) groups excluding carboxylic acids is 2. The number of allylic oxidation sites excluding steroid dienone is 1. The van der Waals surface area contributed by atoms with Gasteiger partial charge in [0.05, 0.1) is 5.75 Å². The molecule has 0 saturated carbocycles. The van der Waals surface area contributed by atoms with E-state index in [1.807, 2.05) is 42.7 Å². The second-order valence-electron chi connectivity index (χ2n) is 6.57. The molecule has 1 aliphatic rings. The van der Waals surface area contributed by atoms with Crippen molar-refractivity contribution in [1.82, 2.24) is 25.4 Å². The molecule has 0 spiro atoms. The lowest BCUT2D eigenvalue weighted by Gasteiger charge is -2.26. The lowest BCUT2D eigenvalue weighted by Crippen LogP contribution is -2.43. The lowest BCUT2D eigenvalue weighted by molar-refractivity contribution is -0.117. The van der Waals surface area contributed by atoms with Crippen LogP contribution in [0, 0.1) is 0 Å². The van der Waals surface area contributed by atoms with Gasteiger partial charge in [0.25, 0.3) is 0 Å². The highest BCUT2D eigenvalue weighted by atomic mass is 32.2. The Morgan fingerprint density at radius 3 is 2.83 bits per heavy atom. The monoisotopic (exact) mass is 417 g/mol. The van der Waals surface area contributed by atoms with E-state index in [0.717, 1.165) is 0 Å². The average Bonchev–Trinajstić information content (AvgIpc) is 3.08. The van der Waals surface area contributed by atoms with Gasteiger partial charge < -0.3 is 14.8 Å². The van der Waals surface area contributed by atoms with Crippen LogP contribution in [-0.2, 0) is 11.3 Å². The summed E-state index contributed by atoms with van der Waals surface area (Å²) in [5, 5.41) is 13.8. The maximum absolute atomic E-state index is 12.0. The molecule has 1 aromatic carbocycles. The normalized spacial score (nSPS) is 15.1. The summed E-state index contributed by atoms with van der Waals surface area (Å²) in [6, 6.07) is 6.84. The van der Waals surface area contributed by atoms with Gasteiger partial charge in [-0.15, -0.1) is 16.8 Å². The summed E-state index contributed by atoms with van der Waals surface area (Å²) in [4.78, 5) is 23.6. The van der Waals surface area contributed by atoms with Gasteiger partial charge in [0.15, 0.2) is 28.6 Å². The largest absolute Gasteiger partial charge is 0.485 e. The maximum atomic E-state index is 12.0. The number of carbonyl (C=O) groups is 2. The van der Waals surface area contributed by atoms with Crippen molar-refractivity contribution in [1.29, 1.82) is 0 Å². The molecule has 2 N–H and O–H groups in total. The molecule has 0 radical (unpaired) electrons. The molecule has 0 bridgehead atoms. The van der Waals surface area contributed by atoms with Crippen molar-refractivity contribution in [3.63, 3.8) is 0 Å². The number of imide groups is 1. The van der Waals surface area contributed by atoms with Gasteiger partial charge in [0.1, 0.15) is 6.61 Å². The number of nitrogens with zero attached hydrogens (tertiary/aromatic N) is 3. The van der Waals surface area contributed by atoms with Crippen LogP contribution in [0.15, 0.2) is 42.1 Å². The van der Waals surface area contributed by atoms with Crippen molar-refractivity contribution in [2.75, 3.05) is 12.4 Å². The number of ether oxygens (including phenoxy) is 2. The first-order chi connectivity index (χ1) is 14.0. The summed E-state index contributed by atoms with van der Waals surface area (Å²) in [5.74, 6) is 1.51. The number of thioether (sulfide) groups is 1. The van der Waals surface area contributed by atoms with Gasteiger partial charge in [-0.2, -0.15) is 0 Å². The van der Waals surface area contributed by atoms with Gasteiger partial charge in [0.2, 0.25) is 5.91 Å². The van der Waals surface area contributed by atoms with E-state index >= 15 is 0 Å². The molecule has 0 saturated heterocycles. The van der Waals surface area contributed by atoms with E-state index in [1.54, 1.807) is 6.08 Å². The zero-order valence-electron chi connectivity index (χ0n) is 16.3. The number of fused-ring (bicyclic) bond motifs is 1. The second-order valence-corrected chi connectivity index (χ2v) is 7.51. The molecule has 1 aliphatic heterocycles. The molecule has 1 atom stereocenters. The number of aromatic nitrogens is 3. The minimum atomic E-state index is -0.523. The summed E-state index contributed by atoms with van der Waals surface area (Å²) < 4.78 is 13.6. The number of amides is 3. The summed E-state index contributed by atoms with van der Waals surface area (Å²) >= 11 is 1.18. The Balaban J connectivity index is 1.67. The molecule has 29 heavy (non-hydrogen) atoms. The average molecular weight is 417 g/mol. The standard InChI is InChI=1S/C19H23N5O4S/c1-4-9-24-17(15-10-27-13-7-5-6-8-14(13)28-15)22-23-19(24)29-11-16(25)21-18(26)20-12(2)3/h4-8,12,15H,1,9-11H2,2-3H3,(H2,20,21,25,26)/t15-/m1/s1. The van der Waals surface area contributed by atoms with Crippen LogP contribution < -0.4 is 20.1 Å². The third-order valence-electron chi connectivity index (χ3n) is 3.86. The molecular weight excluding hydrogens is 394 g/mol. The smallest absolute Gasteiger partial charge is 0.321 e. The van der Waals surface area contributed by atoms with Gasteiger partial charge in [-0.3, -0.25) is 14.7 Å². The first kappa shape index (κ1) is 20.7. The van der Waals surface area contributed by atoms with Crippen molar-refractivity contribution in [2.45, 2.75) is 37.7 Å². The Labute approximate surface area is 172 Å². The maximum Gasteiger partial charge on any atom is 0.321 e. The van der Waals surface area contributed by atoms with Crippen LogP contribution in [0.3, 0.4) is 0 Å². The number of hydrogen-bond donors (Lipinski definition) is 2. The number of rotatable bonds is 7. The zero-order valence-corrected chi connectivity index (χ0v) is 17.1. The number of benzene rings is 1. The molecule has 3 amide bonds. The Morgan fingerprint density at radius 1 is 1.34 bits per heavy atom. The molecule has 0 aliphatic carbocycles. The van der Waals surface area contributed by atoms with Gasteiger partial charge in [-0.1, -0.05) is 30.0 Å². The Morgan fingerprint density at radius 2 is 2.10 bits per heavy atom. The number of para-hydroxylation sites is 2. The molecule has 0 unspecified atom stereocenters. The quantitative estimate of drug-likeness (QED) is 0.526. The minimum Gasteiger partial charge on any atom is -0.485 e. The highest BCUT2D eigenvalue weighted by Gasteiger charge is 2.28. The fourth-order valence-corrected chi connectivity index (χ4v) is 3.44. The van der Waals surface area contributed by atoms with E-state index in [1.165, 1.54) is 11.8 Å². The van der Waals surface area contributed by atoms with Crippen molar-refractivity contribution in [3.8, 4) is 11.5 Å². The SMILES string of the molecule is C=CCn1c(SCC(=O)NC(=O)NC(C)C)nnc1[C@H]1COc2ccccc2O1. The van der Waals surface area contributed by atoms with Crippen LogP contribution in [0.5, 0.6) is 11.5 Å². The van der Waals surface area contributed by atoms with Crippen LogP contribution in [-0.4, -0.2) is 45.1 Å². The third kappa shape index (κ3) is 5.29. The van der Waals surface area contributed by atoms with E-state index in [-0.39, 0.29) is 11.8 Å². The molecule has 2 heterocycles. The first-order valence-electron chi connectivity index (χ1n) is 9.13. The molecule has 3 rings (SSSR count). The van der Waals surface area contributed by atoms with E-state index in [2.05, 4.69) is 27.4 Å². The molecule has 10 heteroatoms. The predicted molar refractivity (Wildman–Crippen MR) is 108 cm³/mol. The van der Waals surface area contributed by atoms with Crippen LogP contribution in [0.2, 0.25) is 0 Å². The van der Waals surface area contributed by atoms with Crippen molar-refractivity contribution >= 4 is 23.7 Å². The van der Waals surface area contributed by atoms with Gasteiger partial charge in [-0.25, -0.2) is 4.79 Å². The first-order valence-corrected chi connectivity index (χ1v) is 10.1. The van der Waals surface area contributed by atoms with E-state index in [9.17, 15) is 9.59 Å². The number of hydrogen-bond acceptors (Lipinski definition) is 7. The predicted octanol–water partition coefficient (Wildman–Crippen LogP) is 2.30. The van der Waals surface area contributed by atoms with Crippen molar-refractivity contribution in [2.24, 2.45) is 0 Å². The van der Waals surface area contributed by atoms with E-state index in [4.69, 9.17) is 9.47 Å². The highest BCUT2D eigenvalue weighted by molar-refractivity contribution is 7.99. The fourth-order valence-electron chi connectivity index (χ4n) is 2.68. The van der Waals surface area contributed by atoms with Crippen molar-refractivity contribution in [3.05, 3.63) is 42.7 Å². The molecular formula is C19H23N5O4S.